The molecule has 0 aromatic carbocycles. The van der Waals surface area contributed by atoms with Gasteiger partial charge < -0.3 is 19.2 Å². The van der Waals surface area contributed by atoms with Gasteiger partial charge in [0.15, 0.2) is 0 Å². The molecule has 2 aromatic rings. The van der Waals surface area contributed by atoms with Gasteiger partial charge in [-0.15, -0.1) is 0 Å². The fraction of sp³-hybridized carbons (Fsp3) is 0.600. The summed E-state index contributed by atoms with van der Waals surface area (Å²) in [6, 6.07) is 0. The number of hydrogen-bond acceptors (Lipinski definition) is 5. The first-order valence-electron chi connectivity index (χ1n) is 10.2. The highest BCUT2D eigenvalue weighted by molar-refractivity contribution is 5.96. The Morgan fingerprint density at radius 2 is 2.10 bits per heavy atom. The molecule has 30 heavy (non-hydrogen) atoms. The highest BCUT2D eigenvalue weighted by atomic mass is 19.4. The lowest BCUT2D eigenvalue weighted by Crippen LogP contribution is -2.40. The first-order valence-corrected chi connectivity index (χ1v) is 10.2. The Morgan fingerprint density at radius 3 is 2.80 bits per heavy atom. The number of alkyl halides is 3. The Morgan fingerprint density at radius 1 is 1.27 bits per heavy atom. The maximum atomic E-state index is 14.0. The van der Waals surface area contributed by atoms with Crippen molar-refractivity contribution >= 4 is 5.91 Å². The molecule has 7 nitrogen and oxygen atoms in total. The number of nitrogens with one attached hydrogen (secondary N) is 1. The van der Waals surface area contributed by atoms with Crippen LogP contribution in [0.3, 0.4) is 0 Å². The van der Waals surface area contributed by atoms with Gasteiger partial charge >= 0.3 is 6.18 Å². The van der Waals surface area contributed by atoms with Crippen LogP contribution >= 0.6 is 0 Å². The molecule has 0 unspecified atom stereocenters. The number of carbonyl (C=O) groups excluding carboxylic acids is 1. The van der Waals surface area contributed by atoms with E-state index in [9.17, 15) is 18.0 Å². The number of nitrogens with zero attached hydrogens (tertiary/aromatic N) is 2. The predicted molar refractivity (Wildman–Crippen MR) is 98.0 cm³/mol. The van der Waals surface area contributed by atoms with Crippen molar-refractivity contribution in [2.45, 2.75) is 44.5 Å². The molecule has 3 heterocycles. The van der Waals surface area contributed by atoms with E-state index in [4.69, 9.17) is 13.9 Å². The number of halogens is 3. The summed E-state index contributed by atoms with van der Waals surface area (Å²) in [7, 11) is 0. The highest BCUT2D eigenvalue weighted by Gasteiger charge is 2.45. The highest BCUT2D eigenvalue weighted by Crippen LogP contribution is 2.46. The first kappa shape index (κ1) is 19.6. The largest absolute Gasteiger partial charge is 0.455 e. The molecule has 1 atom stereocenters. The molecule has 1 amide bonds. The van der Waals surface area contributed by atoms with Crippen LogP contribution in [0.1, 0.15) is 40.3 Å². The van der Waals surface area contributed by atoms with Gasteiger partial charge in [0.1, 0.15) is 11.3 Å². The van der Waals surface area contributed by atoms with Crippen molar-refractivity contribution in [2.24, 2.45) is 5.92 Å². The molecule has 2 aromatic heterocycles. The monoisotopic (exact) mass is 425 g/mol. The SMILES string of the molecule is O=C(NC[C@@H]1COCCO1)c1oc2c(c1C(F)(F)F)-c1nn(CC3CC3)cc1CC2. The summed E-state index contributed by atoms with van der Waals surface area (Å²) < 4.78 is 59.9. The molecular formula is C20H22F3N3O4. The van der Waals surface area contributed by atoms with E-state index >= 15 is 0 Å². The zero-order valence-electron chi connectivity index (χ0n) is 16.3. The molecule has 10 heteroatoms. The van der Waals surface area contributed by atoms with Crippen LogP contribution < -0.4 is 5.32 Å². The first-order chi connectivity index (χ1) is 14.4. The lowest BCUT2D eigenvalue weighted by atomic mass is 9.93. The average Bonchev–Trinajstić information content (AvgIpc) is 3.27. The number of ether oxygens (including phenoxy) is 2. The minimum atomic E-state index is -4.75. The third-order valence-corrected chi connectivity index (χ3v) is 5.68. The zero-order valence-corrected chi connectivity index (χ0v) is 16.3. The van der Waals surface area contributed by atoms with Crippen molar-refractivity contribution in [2.75, 3.05) is 26.4 Å². The smallest absolute Gasteiger partial charge is 0.420 e. The molecule has 3 aliphatic rings. The van der Waals surface area contributed by atoms with Gasteiger partial charge in [-0.3, -0.25) is 9.48 Å². The third-order valence-electron chi connectivity index (χ3n) is 5.68. The maximum absolute atomic E-state index is 14.0. The van der Waals surface area contributed by atoms with Crippen LogP contribution in [0.5, 0.6) is 0 Å². The van der Waals surface area contributed by atoms with Crippen molar-refractivity contribution < 1.29 is 31.9 Å². The second kappa shape index (κ2) is 7.42. The molecule has 2 fully saturated rings. The standard InChI is InChI=1S/C20H22F3N3O4/c21-20(22,23)16-15-14(4-3-12-9-26(25-17(12)15)8-11-1-2-11)30-18(16)19(27)24-7-13-10-28-5-6-29-13/h9,11,13H,1-8,10H2,(H,24,27)/t13-/m1/s1. The van der Waals surface area contributed by atoms with Gasteiger partial charge in [-0.1, -0.05) is 0 Å². The Labute approximate surface area is 170 Å². The normalized spacial score (nSPS) is 21.2. The molecule has 1 saturated heterocycles. The van der Waals surface area contributed by atoms with Gasteiger partial charge in [-0.2, -0.15) is 18.3 Å². The number of carbonyl (C=O) groups is 1. The fourth-order valence-electron chi connectivity index (χ4n) is 4.04. The lowest BCUT2D eigenvalue weighted by molar-refractivity contribution is -0.137. The Kier molecular flexibility index (Phi) is 4.85. The summed E-state index contributed by atoms with van der Waals surface area (Å²) in [5.74, 6) is -0.919. The predicted octanol–water partition coefficient (Wildman–Crippen LogP) is 2.82. The molecule has 2 aliphatic carbocycles. The molecule has 5 rings (SSSR count). The van der Waals surface area contributed by atoms with Gasteiger partial charge in [0.05, 0.1) is 37.2 Å². The van der Waals surface area contributed by atoms with E-state index in [0.29, 0.717) is 38.5 Å². The lowest BCUT2D eigenvalue weighted by Gasteiger charge is -2.22. The molecule has 162 valence electrons. The van der Waals surface area contributed by atoms with Gasteiger partial charge in [-0.05, 0) is 30.7 Å². The summed E-state index contributed by atoms with van der Waals surface area (Å²) in [4.78, 5) is 12.6. The second-order valence-electron chi connectivity index (χ2n) is 8.05. The van der Waals surface area contributed by atoms with E-state index < -0.39 is 29.5 Å². The van der Waals surface area contributed by atoms with Crippen molar-refractivity contribution in [1.82, 2.24) is 15.1 Å². The van der Waals surface area contributed by atoms with Crippen LogP contribution in [-0.4, -0.2) is 48.2 Å². The molecular weight excluding hydrogens is 403 g/mol. The molecule has 0 spiro atoms. The zero-order chi connectivity index (χ0) is 20.9. The Balaban J connectivity index is 1.46. The van der Waals surface area contributed by atoms with Crippen molar-refractivity contribution in [3.05, 3.63) is 28.8 Å². The van der Waals surface area contributed by atoms with Crippen LogP contribution in [0, 0.1) is 5.92 Å². The summed E-state index contributed by atoms with van der Waals surface area (Å²) in [6.07, 6.45) is -0.247. The van der Waals surface area contributed by atoms with Crippen molar-refractivity contribution in [3.8, 4) is 11.3 Å². The minimum Gasteiger partial charge on any atom is -0.455 e. The van der Waals surface area contributed by atoms with Gasteiger partial charge in [0.25, 0.3) is 5.91 Å². The number of aromatic nitrogens is 2. The number of furan rings is 1. The molecule has 1 N–H and O–H groups in total. The molecule has 0 bridgehead atoms. The summed E-state index contributed by atoms with van der Waals surface area (Å²) in [5.41, 5.74) is -0.112. The third kappa shape index (κ3) is 3.74. The van der Waals surface area contributed by atoms with E-state index in [0.717, 1.165) is 18.4 Å². The van der Waals surface area contributed by atoms with E-state index in [1.807, 2.05) is 6.20 Å². The topological polar surface area (TPSA) is 78.5 Å². The van der Waals surface area contributed by atoms with Gasteiger partial charge in [0.2, 0.25) is 5.76 Å². The van der Waals surface area contributed by atoms with Gasteiger partial charge in [-0.25, -0.2) is 0 Å². The number of hydrogen-bond donors (Lipinski definition) is 1. The fourth-order valence-corrected chi connectivity index (χ4v) is 4.04. The Bertz CT molecular complexity index is 955. The van der Waals surface area contributed by atoms with Crippen LogP contribution in [0.4, 0.5) is 13.2 Å². The summed E-state index contributed by atoms with van der Waals surface area (Å²) in [5, 5.41) is 6.92. The van der Waals surface area contributed by atoms with Crippen molar-refractivity contribution in [3.63, 3.8) is 0 Å². The Hall–Kier alpha value is -2.33. The second-order valence-corrected chi connectivity index (χ2v) is 8.05. The van der Waals surface area contributed by atoms with Gasteiger partial charge in [0, 0.05) is 25.7 Å². The van der Waals surface area contributed by atoms with E-state index in [1.165, 1.54) is 0 Å². The number of fused-ring (bicyclic) bond motifs is 3. The minimum absolute atomic E-state index is 0.0444. The summed E-state index contributed by atoms with van der Waals surface area (Å²) >= 11 is 0. The van der Waals surface area contributed by atoms with Crippen LogP contribution in [0.15, 0.2) is 10.6 Å². The quantitative estimate of drug-likeness (QED) is 0.797. The van der Waals surface area contributed by atoms with Crippen LogP contribution in [0.2, 0.25) is 0 Å². The average molecular weight is 425 g/mol. The summed E-state index contributed by atoms with van der Waals surface area (Å²) in [6.45, 7) is 1.88. The molecule has 1 saturated carbocycles. The number of aryl methyl sites for hydroxylation is 2. The van der Waals surface area contributed by atoms with E-state index in [1.54, 1.807) is 4.68 Å². The van der Waals surface area contributed by atoms with Crippen LogP contribution in [-0.2, 0) is 35.0 Å². The number of rotatable bonds is 5. The van der Waals surface area contributed by atoms with Crippen molar-refractivity contribution in [1.29, 1.82) is 0 Å². The molecule has 0 radical (unpaired) electrons. The van der Waals surface area contributed by atoms with E-state index in [-0.39, 0.29) is 30.2 Å². The maximum Gasteiger partial charge on any atom is 0.420 e. The molecule has 1 aliphatic heterocycles. The van der Waals surface area contributed by atoms with E-state index in [2.05, 4.69) is 10.4 Å². The number of amides is 1. The van der Waals surface area contributed by atoms with Crippen LogP contribution in [0.25, 0.3) is 11.3 Å².